The van der Waals surface area contributed by atoms with Crippen molar-refractivity contribution in [2.45, 2.75) is 4.90 Å². The first kappa shape index (κ1) is 7.68. The molecular formula is C9H12N2S. The molecule has 0 radical (unpaired) electrons. The summed E-state index contributed by atoms with van der Waals surface area (Å²) >= 11 is 0. The van der Waals surface area contributed by atoms with Crippen LogP contribution in [0, 0.1) is 0 Å². The van der Waals surface area contributed by atoms with E-state index in [0.717, 1.165) is 11.0 Å². The SMILES string of the molecule is C[SH](C)c1ccc2[nH]cnc2c1. The molecular weight excluding hydrogens is 168 g/mol. The van der Waals surface area contributed by atoms with Gasteiger partial charge in [-0.05, 0) is 35.6 Å². The number of H-pyrrole nitrogens is 1. The highest BCUT2D eigenvalue weighted by Gasteiger charge is 1.98. The van der Waals surface area contributed by atoms with Gasteiger partial charge in [0, 0.05) is 0 Å². The first-order chi connectivity index (χ1) is 5.77. The van der Waals surface area contributed by atoms with Crippen LogP contribution in [0.3, 0.4) is 0 Å². The summed E-state index contributed by atoms with van der Waals surface area (Å²) in [5.74, 6) is 0. The summed E-state index contributed by atoms with van der Waals surface area (Å²) in [7, 11) is -0.00378. The summed E-state index contributed by atoms with van der Waals surface area (Å²) in [4.78, 5) is 8.71. The molecule has 0 aliphatic carbocycles. The smallest absolute Gasteiger partial charge is 0.0931 e. The van der Waals surface area contributed by atoms with E-state index in [1.807, 2.05) is 0 Å². The summed E-state index contributed by atoms with van der Waals surface area (Å²) < 4.78 is 0. The minimum atomic E-state index is -0.00378. The summed E-state index contributed by atoms with van der Waals surface area (Å²) in [6.07, 6.45) is 6.24. The number of aromatic nitrogens is 2. The van der Waals surface area contributed by atoms with Crippen molar-refractivity contribution < 1.29 is 0 Å². The molecule has 0 aliphatic heterocycles. The molecule has 1 N–H and O–H groups in total. The van der Waals surface area contributed by atoms with Crippen molar-refractivity contribution in [3.05, 3.63) is 24.5 Å². The van der Waals surface area contributed by atoms with Crippen molar-refractivity contribution in [1.82, 2.24) is 9.97 Å². The Morgan fingerprint density at radius 3 is 2.92 bits per heavy atom. The Labute approximate surface area is 74.4 Å². The van der Waals surface area contributed by atoms with Gasteiger partial charge in [0.1, 0.15) is 0 Å². The number of hydrogen-bond donors (Lipinski definition) is 2. The van der Waals surface area contributed by atoms with Crippen molar-refractivity contribution in [2.24, 2.45) is 0 Å². The third-order valence-electron chi connectivity index (χ3n) is 1.92. The molecule has 0 saturated carbocycles. The van der Waals surface area contributed by atoms with E-state index in [2.05, 4.69) is 40.7 Å². The Morgan fingerprint density at radius 1 is 1.33 bits per heavy atom. The van der Waals surface area contributed by atoms with Crippen molar-refractivity contribution in [3.63, 3.8) is 0 Å². The fourth-order valence-electron chi connectivity index (χ4n) is 1.20. The van der Waals surface area contributed by atoms with Gasteiger partial charge in [0.15, 0.2) is 0 Å². The zero-order chi connectivity index (χ0) is 8.55. The van der Waals surface area contributed by atoms with E-state index in [-0.39, 0.29) is 10.9 Å². The molecule has 0 atom stereocenters. The highest BCUT2D eigenvalue weighted by Crippen LogP contribution is 2.29. The number of nitrogens with zero attached hydrogens (tertiary/aromatic N) is 1. The van der Waals surface area contributed by atoms with Gasteiger partial charge in [0.2, 0.25) is 0 Å². The van der Waals surface area contributed by atoms with Gasteiger partial charge < -0.3 is 4.98 Å². The minimum absolute atomic E-state index is 0.00378. The van der Waals surface area contributed by atoms with Crippen molar-refractivity contribution in [3.8, 4) is 0 Å². The van der Waals surface area contributed by atoms with Crippen molar-refractivity contribution in [1.29, 1.82) is 0 Å². The molecule has 64 valence electrons. The van der Waals surface area contributed by atoms with Crippen LogP contribution in [0.5, 0.6) is 0 Å². The van der Waals surface area contributed by atoms with Crippen molar-refractivity contribution >= 4 is 21.9 Å². The summed E-state index contributed by atoms with van der Waals surface area (Å²) in [6.45, 7) is 0. The second kappa shape index (κ2) is 2.83. The molecule has 0 spiro atoms. The van der Waals surface area contributed by atoms with E-state index >= 15 is 0 Å². The molecule has 12 heavy (non-hydrogen) atoms. The fourth-order valence-corrected chi connectivity index (χ4v) is 1.95. The summed E-state index contributed by atoms with van der Waals surface area (Å²) in [5, 5.41) is 0. The van der Waals surface area contributed by atoms with Crippen LogP contribution in [0.1, 0.15) is 0 Å². The summed E-state index contributed by atoms with van der Waals surface area (Å²) in [6, 6.07) is 6.43. The fraction of sp³-hybridized carbons (Fsp3) is 0.222. The minimum Gasteiger partial charge on any atom is -0.345 e. The molecule has 1 aromatic heterocycles. The van der Waals surface area contributed by atoms with E-state index in [9.17, 15) is 0 Å². The number of hydrogen-bond acceptors (Lipinski definition) is 1. The van der Waals surface area contributed by atoms with Gasteiger partial charge in [-0.15, -0.1) is 0 Å². The normalized spacial score (nSPS) is 12.0. The number of thiol groups is 1. The zero-order valence-corrected chi connectivity index (χ0v) is 8.10. The van der Waals surface area contributed by atoms with Crippen LogP contribution in [0.15, 0.2) is 29.4 Å². The first-order valence-corrected chi connectivity index (χ1v) is 6.11. The third kappa shape index (κ3) is 1.20. The molecule has 1 heterocycles. The molecule has 0 amide bonds. The van der Waals surface area contributed by atoms with E-state index in [1.165, 1.54) is 4.90 Å². The summed E-state index contributed by atoms with van der Waals surface area (Å²) in [5.41, 5.74) is 2.19. The number of rotatable bonds is 1. The Balaban J connectivity index is 2.60. The second-order valence-corrected chi connectivity index (χ2v) is 5.30. The van der Waals surface area contributed by atoms with Crippen LogP contribution in [0.4, 0.5) is 0 Å². The van der Waals surface area contributed by atoms with E-state index in [0.29, 0.717) is 0 Å². The lowest BCUT2D eigenvalue weighted by atomic mass is 10.3. The quantitative estimate of drug-likeness (QED) is 0.647. The monoisotopic (exact) mass is 180 g/mol. The van der Waals surface area contributed by atoms with Gasteiger partial charge in [0.25, 0.3) is 0 Å². The van der Waals surface area contributed by atoms with E-state index in [1.54, 1.807) is 6.33 Å². The van der Waals surface area contributed by atoms with Crippen LogP contribution in [0.2, 0.25) is 0 Å². The molecule has 0 aliphatic rings. The molecule has 3 heteroatoms. The van der Waals surface area contributed by atoms with Crippen LogP contribution in [-0.4, -0.2) is 22.5 Å². The largest absolute Gasteiger partial charge is 0.345 e. The number of nitrogens with one attached hydrogen (secondary N) is 1. The molecule has 0 unspecified atom stereocenters. The molecule has 2 nitrogen and oxygen atoms in total. The Bertz CT molecular complexity index is 392. The van der Waals surface area contributed by atoms with Crippen LogP contribution in [-0.2, 0) is 0 Å². The number of benzene rings is 1. The van der Waals surface area contributed by atoms with Gasteiger partial charge in [-0.2, -0.15) is 0 Å². The number of imidazole rings is 1. The average Bonchev–Trinajstić information content (AvgIpc) is 2.49. The topological polar surface area (TPSA) is 28.7 Å². The number of aromatic amines is 1. The molecule has 2 rings (SSSR count). The average molecular weight is 180 g/mol. The van der Waals surface area contributed by atoms with Gasteiger partial charge >= 0.3 is 0 Å². The van der Waals surface area contributed by atoms with Crippen LogP contribution in [0.25, 0.3) is 11.0 Å². The molecule has 0 fully saturated rings. The standard InChI is InChI=1S/C9H12N2S/c1-12(2)7-3-4-8-9(5-7)11-6-10-8/h3-6,12H,1-2H3,(H,10,11). The number of fused-ring (bicyclic) bond motifs is 1. The highest BCUT2D eigenvalue weighted by molar-refractivity contribution is 8.15. The third-order valence-corrected chi connectivity index (χ3v) is 3.23. The lowest BCUT2D eigenvalue weighted by Gasteiger charge is -2.08. The molecule has 0 saturated heterocycles. The highest BCUT2D eigenvalue weighted by atomic mass is 32.2. The maximum Gasteiger partial charge on any atom is 0.0931 e. The maximum atomic E-state index is 4.22. The molecule has 1 aromatic carbocycles. The van der Waals surface area contributed by atoms with Crippen LogP contribution < -0.4 is 0 Å². The maximum absolute atomic E-state index is 4.22. The van der Waals surface area contributed by atoms with Gasteiger partial charge in [-0.1, -0.05) is 0 Å². The van der Waals surface area contributed by atoms with E-state index < -0.39 is 0 Å². The molecule has 2 aromatic rings. The lowest BCUT2D eigenvalue weighted by molar-refractivity contribution is 1.34. The molecule has 0 bridgehead atoms. The van der Waals surface area contributed by atoms with Crippen LogP contribution >= 0.6 is 10.9 Å². The van der Waals surface area contributed by atoms with E-state index in [4.69, 9.17) is 0 Å². The van der Waals surface area contributed by atoms with Gasteiger partial charge in [-0.25, -0.2) is 15.9 Å². The Morgan fingerprint density at radius 2 is 2.17 bits per heavy atom. The Hall–Kier alpha value is -0.960. The predicted octanol–water partition coefficient (Wildman–Crippen LogP) is 2.18. The second-order valence-electron chi connectivity index (χ2n) is 3.00. The zero-order valence-electron chi connectivity index (χ0n) is 7.20. The van der Waals surface area contributed by atoms with Gasteiger partial charge in [0.05, 0.1) is 17.4 Å². The van der Waals surface area contributed by atoms with Gasteiger partial charge in [-0.3, -0.25) is 0 Å². The lowest BCUT2D eigenvalue weighted by Crippen LogP contribution is -1.77. The van der Waals surface area contributed by atoms with Crippen molar-refractivity contribution in [2.75, 3.05) is 12.5 Å². The first-order valence-electron chi connectivity index (χ1n) is 3.88. The predicted molar refractivity (Wildman–Crippen MR) is 55.2 cm³/mol. The Kier molecular flexibility index (Phi) is 1.81.